The fourth-order valence-corrected chi connectivity index (χ4v) is 3.01. The van der Waals surface area contributed by atoms with Crippen molar-refractivity contribution in [1.82, 2.24) is 10.2 Å². The number of aliphatic carboxylic acids is 1. The predicted octanol–water partition coefficient (Wildman–Crippen LogP) is -0.700. The van der Waals surface area contributed by atoms with Crippen LogP contribution in [0.2, 0.25) is 0 Å². The topological polar surface area (TPSA) is 86.7 Å². The Morgan fingerprint density at radius 1 is 1.47 bits per heavy atom. The Balaban J connectivity index is 2.50. The molecule has 0 aromatic rings. The molecule has 2 rings (SSSR count). The van der Waals surface area contributed by atoms with E-state index >= 15 is 0 Å². The monoisotopic (exact) mass is 240 g/mol. The number of imide groups is 1. The summed E-state index contributed by atoms with van der Waals surface area (Å²) in [5.41, 5.74) is -1.32. The molecular weight excluding hydrogens is 224 g/mol. The van der Waals surface area contributed by atoms with Gasteiger partial charge in [-0.15, -0.1) is 0 Å². The normalized spacial score (nSPS) is 36.8. The smallest absolute Gasteiger partial charge is 0.325 e. The highest BCUT2D eigenvalue weighted by atomic mass is 16.4. The average Bonchev–Trinajstić information content (AvgIpc) is 2.74. The minimum Gasteiger partial charge on any atom is -0.480 e. The summed E-state index contributed by atoms with van der Waals surface area (Å²) in [5, 5.41) is 12.3. The van der Waals surface area contributed by atoms with Crippen LogP contribution < -0.4 is 5.32 Å². The van der Waals surface area contributed by atoms with Gasteiger partial charge < -0.3 is 10.4 Å². The van der Waals surface area contributed by atoms with E-state index in [0.717, 1.165) is 4.90 Å². The minimum absolute atomic E-state index is 0.254. The Morgan fingerprint density at radius 2 is 2.06 bits per heavy atom. The lowest BCUT2D eigenvalue weighted by atomic mass is 9.74. The Morgan fingerprint density at radius 3 is 2.53 bits per heavy atom. The molecule has 2 N–H and O–H groups in total. The van der Waals surface area contributed by atoms with Crippen molar-refractivity contribution >= 4 is 17.8 Å². The molecule has 0 aromatic carbocycles. The summed E-state index contributed by atoms with van der Waals surface area (Å²) in [6.45, 7) is 3.75. The SMILES string of the molecule is CC(C)[C@@]1(C(=O)O)NC[C@@H]2C(=O)N(C)C(=O)[C@@H]21. The molecule has 0 unspecified atom stereocenters. The standard InChI is InChI=1S/C11H16N2O4/c1-5(2)11(10(16)17)7-6(4-12-11)8(14)13(3)9(7)15/h5-7,12H,4H2,1-3H3,(H,16,17)/t6-,7+,11+/m0/s1. The van der Waals surface area contributed by atoms with Crippen molar-refractivity contribution in [3.05, 3.63) is 0 Å². The number of nitrogens with zero attached hydrogens (tertiary/aromatic N) is 1. The molecule has 0 spiro atoms. The number of carbonyl (C=O) groups is 3. The Bertz CT molecular complexity index is 406. The van der Waals surface area contributed by atoms with Gasteiger partial charge in [-0.1, -0.05) is 13.8 Å². The summed E-state index contributed by atoms with van der Waals surface area (Å²) in [5.74, 6) is -3.31. The van der Waals surface area contributed by atoms with E-state index in [1.807, 2.05) is 0 Å². The molecule has 2 aliphatic rings. The van der Waals surface area contributed by atoms with Gasteiger partial charge in [-0.3, -0.25) is 19.3 Å². The first kappa shape index (κ1) is 12.0. The molecule has 3 atom stereocenters. The molecule has 2 saturated heterocycles. The van der Waals surface area contributed by atoms with Gasteiger partial charge in [-0.2, -0.15) is 0 Å². The van der Waals surface area contributed by atoms with Gasteiger partial charge in [0.25, 0.3) is 0 Å². The summed E-state index contributed by atoms with van der Waals surface area (Å²) >= 11 is 0. The van der Waals surface area contributed by atoms with Crippen LogP contribution in [0.5, 0.6) is 0 Å². The number of carbonyl (C=O) groups excluding carboxylic acids is 2. The molecule has 2 fully saturated rings. The zero-order valence-corrected chi connectivity index (χ0v) is 10.1. The van der Waals surface area contributed by atoms with Crippen molar-refractivity contribution in [3.8, 4) is 0 Å². The van der Waals surface area contributed by atoms with Crippen LogP contribution in [0.1, 0.15) is 13.8 Å². The van der Waals surface area contributed by atoms with E-state index in [1.54, 1.807) is 13.8 Å². The number of rotatable bonds is 2. The summed E-state index contributed by atoms with van der Waals surface area (Å²) in [6, 6.07) is 0. The predicted molar refractivity (Wildman–Crippen MR) is 58.0 cm³/mol. The van der Waals surface area contributed by atoms with Crippen LogP contribution in [0, 0.1) is 17.8 Å². The molecule has 2 heterocycles. The van der Waals surface area contributed by atoms with Gasteiger partial charge in [-0.25, -0.2) is 0 Å². The van der Waals surface area contributed by atoms with E-state index in [-0.39, 0.29) is 24.3 Å². The Labute approximate surface area is 99.0 Å². The van der Waals surface area contributed by atoms with Crippen molar-refractivity contribution in [3.63, 3.8) is 0 Å². The van der Waals surface area contributed by atoms with Crippen molar-refractivity contribution in [2.45, 2.75) is 19.4 Å². The second-order valence-corrected chi connectivity index (χ2v) is 5.03. The number of fused-ring (bicyclic) bond motifs is 1. The minimum atomic E-state index is -1.32. The zero-order chi connectivity index (χ0) is 13.0. The van der Waals surface area contributed by atoms with E-state index in [0.29, 0.717) is 0 Å². The van der Waals surface area contributed by atoms with Crippen LogP contribution in [0.25, 0.3) is 0 Å². The van der Waals surface area contributed by atoms with Gasteiger partial charge in [0, 0.05) is 13.6 Å². The summed E-state index contributed by atoms with van der Waals surface area (Å²) in [6.07, 6.45) is 0. The van der Waals surface area contributed by atoms with Crippen LogP contribution in [-0.4, -0.2) is 46.9 Å². The molecule has 6 nitrogen and oxygen atoms in total. The Kier molecular flexibility index (Phi) is 2.50. The highest BCUT2D eigenvalue weighted by Crippen LogP contribution is 2.42. The first-order chi connectivity index (χ1) is 7.84. The number of amides is 2. The lowest BCUT2D eigenvalue weighted by molar-refractivity contribution is -0.153. The highest BCUT2D eigenvalue weighted by molar-refractivity contribution is 6.08. The Hall–Kier alpha value is -1.43. The summed E-state index contributed by atoms with van der Waals surface area (Å²) < 4.78 is 0. The highest BCUT2D eigenvalue weighted by Gasteiger charge is 2.65. The first-order valence-electron chi connectivity index (χ1n) is 5.63. The second-order valence-electron chi connectivity index (χ2n) is 5.03. The number of carboxylic acids is 1. The van der Waals surface area contributed by atoms with Crippen LogP contribution in [0.4, 0.5) is 0 Å². The second kappa shape index (κ2) is 3.53. The quantitative estimate of drug-likeness (QED) is 0.623. The van der Waals surface area contributed by atoms with E-state index in [4.69, 9.17) is 0 Å². The molecule has 0 bridgehead atoms. The molecule has 0 radical (unpaired) electrons. The van der Waals surface area contributed by atoms with E-state index in [2.05, 4.69) is 5.32 Å². The number of hydrogen-bond donors (Lipinski definition) is 2. The maximum atomic E-state index is 12.0. The first-order valence-corrected chi connectivity index (χ1v) is 5.63. The number of hydrogen-bond acceptors (Lipinski definition) is 4. The lowest BCUT2D eigenvalue weighted by Crippen LogP contribution is -2.58. The van der Waals surface area contributed by atoms with Crippen LogP contribution in [0.3, 0.4) is 0 Å². The maximum Gasteiger partial charge on any atom is 0.325 e. The average molecular weight is 240 g/mol. The largest absolute Gasteiger partial charge is 0.480 e. The van der Waals surface area contributed by atoms with Gasteiger partial charge in [0.15, 0.2) is 0 Å². The fourth-order valence-electron chi connectivity index (χ4n) is 3.01. The third kappa shape index (κ3) is 1.27. The van der Waals surface area contributed by atoms with Crippen LogP contribution in [-0.2, 0) is 14.4 Å². The fraction of sp³-hybridized carbons (Fsp3) is 0.727. The van der Waals surface area contributed by atoms with Crippen molar-refractivity contribution in [2.24, 2.45) is 17.8 Å². The number of nitrogens with one attached hydrogen (secondary N) is 1. The molecule has 0 aliphatic carbocycles. The maximum absolute atomic E-state index is 12.0. The number of likely N-dealkylation sites (tertiary alicyclic amines) is 1. The van der Waals surface area contributed by atoms with Crippen molar-refractivity contribution < 1.29 is 19.5 Å². The van der Waals surface area contributed by atoms with E-state index < -0.39 is 23.3 Å². The molecular formula is C11H16N2O4. The van der Waals surface area contributed by atoms with Gasteiger partial charge >= 0.3 is 5.97 Å². The molecule has 6 heteroatoms. The summed E-state index contributed by atoms with van der Waals surface area (Å²) in [4.78, 5) is 36.4. The van der Waals surface area contributed by atoms with E-state index in [9.17, 15) is 19.5 Å². The van der Waals surface area contributed by atoms with Gasteiger partial charge in [0.2, 0.25) is 11.8 Å². The van der Waals surface area contributed by atoms with Crippen LogP contribution in [0.15, 0.2) is 0 Å². The third-order valence-corrected chi connectivity index (χ3v) is 4.02. The zero-order valence-electron chi connectivity index (χ0n) is 10.1. The molecule has 2 aliphatic heterocycles. The number of carboxylic acid groups (broad SMARTS) is 1. The van der Waals surface area contributed by atoms with Gasteiger partial charge in [0.05, 0.1) is 11.8 Å². The van der Waals surface area contributed by atoms with Gasteiger partial charge in [0.1, 0.15) is 5.54 Å². The van der Waals surface area contributed by atoms with Gasteiger partial charge in [-0.05, 0) is 5.92 Å². The third-order valence-electron chi connectivity index (χ3n) is 4.02. The summed E-state index contributed by atoms with van der Waals surface area (Å²) in [7, 11) is 1.41. The van der Waals surface area contributed by atoms with E-state index in [1.165, 1.54) is 7.05 Å². The lowest BCUT2D eigenvalue weighted by Gasteiger charge is -2.33. The molecule has 0 aromatic heterocycles. The molecule has 0 saturated carbocycles. The van der Waals surface area contributed by atoms with Crippen molar-refractivity contribution in [2.75, 3.05) is 13.6 Å². The van der Waals surface area contributed by atoms with Crippen molar-refractivity contribution in [1.29, 1.82) is 0 Å². The van der Waals surface area contributed by atoms with Crippen LogP contribution >= 0.6 is 0 Å². The molecule has 94 valence electrons. The molecule has 2 amide bonds. The molecule has 17 heavy (non-hydrogen) atoms.